The van der Waals surface area contributed by atoms with Gasteiger partial charge in [0.15, 0.2) is 0 Å². The number of rotatable bonds is 5. The van der Waals surface area contributed by atoms with E-state index in [4.69, 9.17) is 0 Å². The molecule has 0 radical (unpaired) electrons. The summed E-state index contributed by atoms with van der Waals surface area (Å²) < 4.78 is 42.1. The summed E-state index contributed by atoms with van der Waals surface area (Å²) in [4.78, 5) is 0. The molecule has 1 N–H and O–H groups in total. The van der Waals surface area contributed by atoms with Crippen LogP contribution in [0.2, 0.25) is 0 Å². The Morgan fingerprint density at radius 3 is 2.33 bits per heavy atom. The number of alkyl halides is 2. The first-order valence-corrected chi connectivity index (χ1v) is 6.91. The highest BCUT2D eigenvalue weighted by Gasteiger charge is 2.11. The first-order valence-electron chi connectivity index (χ1n) is 6.12. The van der Waals surface area contributed by atoms with E-state index in [1.807, 2.05) is 0 Å². The molecular formula is C15H12BrF3O2. The van der Waals surface area contributed by atoms with Gasteiger partial charge in [-0.15, -0.1) is 0 Å². The molecule has 2 aromatic carbocycles. The number of aliphatic hydroxyl groups is 1. The fourth-order valence-corrected chi connectivity index (χ4v) is 2.45. The number of halogens is 4. The third kappa shape index (κ3) is 4.75. The monoisotopic (exact) mass is 360 g/mol. The second-order valence-corrected chi connectivity index (χ2v) is 5.36. The molecule has 0 aliphatic heterocycles. The third-order valence-electron chi connectivity index (χ3n) is 2.84. The lowest BCUT2D eigenvalue weighted by Crippen LogP contribution is -2.04. The number of benzene rings is 2. The predicted molar refractivity (Wildman–Crippen MR) is 75.8 cm³/mol. The molecule has 0 spiro atoms. The van der Waals surface area contributed by atoms with Crippen molar-refractivity contribution >= 4 is 15.9 Å². The predicted octanol–water partition coefficient (Wildman–Crippen LogP) is 4.47. The van der Waals surface area contributed by atoms with Crippen molar-refractivity contribution in [2.45, 2.75) is 19.1 Å². The fraction of sp³-hybridized carbons (Fsp3) is 0.200. The minimum atomic E-state index is -2.88. The van der Waals surface area contributed by atoms with Crippen LogP contribution < -0.4 is 4.74 Å². The maximum Gasteiger partial charge on any atom is 0.387 e. The van der Waals surface area contributed by atoms with Gasteiger partial charge in [-0.25, -0.2) is 4.39 Å². The summed E-state index contributed by atoms with van der Waals surface area (Å²) in [5.41, 5.74) is 1.17. The molecule has 1 unspecified atom stereocenters. The summed E-state index contributed by atoms with van der Waals surface area (Å²) in [6.07, 6.45) is -0.648. The number of ether oxygens (including phenoxy) is 1. The van der Waals surface area contributed by atoms with Crippen LogP contribution in [0.3, 0.4) is 0 Å². The molecule has 2 aromatic rings. The van der Waals surface area contributed by atoms with Gasteiger partial charge in [-0.05, 0) is 41.5 Å². The van der Waals surface area contributed by atoms with Crippen molar-refractivity contribution in [2.24, 2.45) is 0 Å². The summed E-state index contributed by atoms with van der Waals surface area (Å²) in [5.74, 6) is -0.373. The van der Waals surface area contributed by atoms with Gasteiger partial charge in [0, 0.05) is 10.9 Å². The largest absolute Gasteiger partial charge is 0.435 e. The van der Waals surface area contributed by atoms with Crippen molar-refractivity contribution < 1.29 is 23.0 Å². The molecule has 0 saturated heterocycles. The Balaban J connectivity index is 2.07. The van der Waals surface area contributed by atoms with Crippen LogP contribution in [0.25, 0.3) is 0 Å². The first-order chi connectivity index (χ1) is 9.94. The van der Waals surface area contributed by atoms with Gasteiger partial charge < -0.3 is 9.84 Å². The van der Waals surface area contributed by atoms with Gasteiger partial charge in [0.1, 0.15) is 11.6 Å². The summed E-state index contributed by atoms with van der Waals surface area (Å²) in [5, 5.41) is 10.1. The number of aliphatic hydroxyl groups excluding tert-OH is 1. The smallest absolute Gasteiger partial charge is 0.387 e. The van der Waals surface area contributed by atoms with Crippen molar-refractivity contribution in [1.29, 1.82) is 0 Å². The molecule has 0 fully saturated rings. The topological polar surface area (TPSA) is 29.5 Å². The van der Waals surface area contributed by atoms with E-state index in [9.17, 15) is 18.3 Å². The molecule has 2 nitrogen and oxygen atoms in total. The van der Waals surface area contributed by atoms with E-state index in [0.717, 1.165) is 0 Å². The average molecular weight is 361 g/mol. The zero-order valence-electron chi connectivity index (χ0n) is 10.8. The molecule has 0 aliphatic carbocycles. The second kappa shape index (κ2) is 6.95. The number of hydrogen-bond donors (Lipinski definition) is 1. The summed E-state index contributed by atoms with van der Waals surface area (Å²) >= 11 is 3.18. The Labute approximate surface area is 128 Å². The van der Waals surface area contributed by atoms with Gasteiger partial charge in [-0.3, -0.25) is 0 Å². The van der Waals surface area contributed by atoms with E-state index in [1.165, 1.54) is 36.4 Å². The maximum atomic E-state index is 13.3. The van der Waals surface area contributed by atoms with Gasteiger partial charge in [0.25, 0.3) is 0 Å². The summed E-state index contributed by atoms with van der Waals surface area (Å²) in [6, 6.07) is 10.1. The van der Waals surface area contributed by atoms with Crippen LogP contribution in [0, 0.1) is 5.82 Å². The van der Waals surface area contributed by atoms with Crippen LogP contribution in [0.15, 0.2) is 46.9 Å². The summed E-state index contributed by atoms with van der Waals surface area (Å²) in [7, 11) is 0. The van der Waals surface area contributed by atoms with E-state index >= 15 is 0 Å². The second-order valence-electron chi connectivity index (χ2n) is 4.45. The van der Waals surface area contributed by atoms with Gasteiger partial charge >= 0.3 is 6.61 Å². The highest BCUT2D eigenvalue weighted by Crippen LogP contribution is 2.24. The van der Waals surface area contributed by atoms with Crippen LogP contribution in [-0.4, -0.2) is 11.7 Å². The molecule has 112 valence electrons. The lowest BCUT2D eigenvalue weighted by molar-refractivity contribution is -0.0498. The van der Waals surface area contributed by atoms with Gasteiger partial charge in [-0.2, -0.15) is 8.78 Å². The van der Waals surface area contributed by atoms with Crippen molar-refractivity contribution in [3.8, 4) is 5.75 Å². The number of hydrogen-bond acceptors (Lipinski definition) is 2. The summed E-state index contributed by atoms with van der Waals surface area (Å²) in [6.45, 7) is -2.88. The van der Waals surface area contributed by atoms with Crippen LogP contribution >= 0.6 is 15.9 Å². The molecule has 0 saturated carbocycles. The molecule has 0 amide bonds. The Kier molecular flexibility index (Phi) is 5.25. The highest BCUT2D eigenvalue weighted by molar-refractivity contribution is 9.10. The lowest BCUT2D eigenvalue weighted by atomic mass is 10.0. The van der Waals surface area contributed by atoms with Crippen LogP contribution in [0.4, 0.5) is 13.2 Å². The quantitative estimate of drug-likeness (QED) is 0.852. The maximum absolute atomic E-state index is 13.3. The lowest BCUT2D eigenvalue weighted by Gasteiger charge is -2.12. The molecule has 0 aliphatic rings. The SMILES string of the molecule is OC(Cc1cc(F)cc(Br)c1)c1ccc(OC(F)F)cc1. The molecule has 0 bridgehead atoms. The zero-order valence-corrected chi connectivity index (χ0v) is 12.4. The van der Waals surface area contributed by atoms with Gasteiger partial charge in [-0.1, -0.05) is 28.1 Å². The fourth-order valence-electron chi connectivity index (χ4n) is 1.94. The zero-order chi connectivity index (χ0) is 15.4. The normalized spacial score (nSPS) is 12.5. The van der Waals surface area contributed by atoms with Crippen molar-refractivity contribution in [2.75, 3.05) is 0 Å². The van der Waals surface area contributed by atoms with E-state index in [1.54, 1.807) is 6.07 Å². The molecule has 1 atom stereocenters. The average Bonchev–Trinajstić information content (AvgIpc) is 2.37. The Hall–Kier alpha value is -1.53. The first kappa shape index (κ1) is 15.9. The Morgan fingerprint density at radius 2 is 1.76 bits per heavy atom. The van der Waals surface area contributed by atoms with Gasteiger partial charge in [0.05, 0.1) is 6.10 Å². The minimum Gasteiger partial charge on any atom is -0.435 e. The molecular weight excluding hydrogens is 349 g/mol. The molecule has 0 heterocycles. The van der Waals surface area contributed by atoms with Crippen molar-refractivity contribution in [3.63, 3.8) is 0 Å². The van der Waals surface area contributed by atoms with Gasteiger partial charge in [0.2, 0.25) is 0 Å². The van der Waals surface area contributed by atoms with Crippen molar-refractivity contribution in [3.05, 3.63) is 63.9 Å². The van der Waals surface area contributed by atoms with E-state index in [2.05, 4.69) is 20.7 Å². The highest BCUT2D eigenvalue weighted by atomic mass is 79.9. The van der Waals surface area contributed by atoms with Crippen molar-refractivity contribution in [1.82, 2.24) is 0 Å². The van der Waals surface area contributed by atoms with Crippen LogP contribution in [0.5, 0.6) is 5.75 Å². The molecule has 21 heavy (non-hydrogen) atoms. The van der Waals surface area contributed by atoms with Crippen LogP contribution in [-0.2, 0) is 6.42 Å². The van der Waals surface area contributed by atoms with E-state index < -0.39 is 18.5 Å². The Bertz CT molecular complexity index is 582. The van der Waals surface area contributed by atoms with E-state index in [0.29, 0.717) is 15.6 Å². The molecule has 2 rings (SSSR count). The third-order valence-corrected chi connectivity index (χ3v) is 3.30. The molecule has 0 aromatic heterocycles. The standard InChI is InChI=1S/C15H12BrF3O2/c16-11-5-9(6-12(17)8-11)7-14(20)10-1-3-13(4-2-10)21-15(18)19/h1-6,8,14-15,20H,7H2. The van der Waals surface area contributed by atoms with E-state index in [-0.39, 0.29) is 12.2 Å². The van der Waals surface area contributed by atoms with Crippen LogP contribution in [0.1, 0.15) is 17.2 Å². The Morgan fingerprint density at radius 1 is 1.10 bits per heavy atom. The molecule has 6 heteroatoms. The minimum absolute atomic E-state index is 0.0226.